The molecule has 5 rings (SSSR count). The minimum atomic E-state index is -0.119. The van der Waals surface area contributed by atoms with E-state index in [1.54, 1.807) is 0 Å². The first kappa shape index (κ1) is 35.5. The first-order chi connectivity index (χ1) is 22.5. The highest BCUT2D eigenvalue weighted by atomic mass is 16.7. The van der Waals surface area contributed by atoms with E-state index in [-0.39, 0.29) is 43.2 Å². The van der Waals surface area contributed by atoms with Crippen LogP contribution in [-0.2, 0) is 30.3 Å². The Morgan fingerprint density at radius 3 is 2.48 bits per heavy atom. The van der Waals surface area contributed by atoms with Crippen LogP contribution in [0, 0.1) is 29.6 Å². The number of hydrogen-bond donors (Lipinski definition) is 1. The van der Waals surface area contributed by atoms with E-state index in [1.165, 1.54) is 11.1 Å². The van der Waals surface area contributed by atoms with Crippen LogP contribution in [0.4, 0.5) is 0 Å². The molecule has 4 unspecified atom stereocenters. The van der Waals surface area contributed by atoms with Crippen LogP contribution in [0.15, 0.2) is 65.8 Å². The van der Waals surface area contributed by atoms with Crippen molar-refractivity contribution in [2.24, 2.45) is 29.6 Å². The second-order valence-electron chi connectivity index (χ2n) is 14.5. The Balaban J connectivity index is 1.29. The highest BCUT2D eigenvalue weighted by Gasteiger charge is 2.46. The van der Waals surface area contributed by atoms with Gasteiger partial charge in [-0.05, 0) is 108 Å². The van der Waals surface area contributed by atoms with Gasteiger partial charge in [0.2, 0.25) is 0 Å². The number of hydrogen-bond acceptors (Lipinski definition) is 6. The summed E-state index contributed by atoms with van der Waals surface area (Å²) in [5.41, 5.74) is 3.88. The van der Waals surface area contributed by atoms with E-state index in [0.29, 0.717) is 31.0 Å². The van der Waals surface area contributed by atoms with Crippen LogP contribution >= 0.6 is 0 Å². The van der Waals surface area contributed by atoms with Crippen molar-refractivity contribution in [3.05, 3.63) is 71.3 Å². The van der Waals surface area contributed by atoms with Crippen LogP contribution in [0.1, 0.15) is 97.0 Å². The van der Waals surface area contributed by atoms with Crippen LogP contribution < -0.4 is 0 Å². The fourth-order valence-electron chi connectivity index (χ4n) is 7.76. The van der Waals surface area contributed by atoms with Crippen molar-refractivity contribution < 1.29 is 28.8 Å². The maximum absolute atomic E-state index is 10.4. The van der Waals surface area contributed by atoms with Gasteiger partial charge in [-0.15, -0.1) is 0 Å². The third kappa shape index (κ3) is 10.9. The molecule has 0 spiro atoms. The molecule has 1 saturated carbocycles. The number of fused-ring (bicyclic) bond motifs is 1. The lowest BCUT2D eigenvalue weighted by Gasteiger charge is -2.30. The molecule has 46 heavy (non-hydrogen) atoms. The van der Waals surface area contributed by atoms with Crippen LogP contribution in [0.2, 0.25) is 0 Å². The molecule has 1 aromatic rings. The molecule has 2 saturated heterocycles. The third-order valence-corrected chi connectivity index (χ3v) is 10.4. The molecule has 0 amide bonds. The van der Waals surface area contributed by atoms with E-state index in [0.717, 1.165) is 89.4 Å². The van der Waals surface area contributed by atoms with Gasteiger partial charge in [0.05, 0.1) is 32.0 Å². The third-order valence-electron chi connectivity index (χ3n) is 10.4. The van der Waals surface area contributed by atoms with Gasteiger partial charge in [-0.3, -0.25) is 0 Å². The van der Waals surface area contributed by atoms with Gasteiger partial charge in [-0.2, -0.15) is 0 Å². The van der Waals surface area contributed by atoms with E-state index < -0.39 is 0 Å². The number of allylic oxidation sites excluding steroid dienone is 3. The Morgan fingerprint density at radius 2 is 1.78 bits per heavy atom. The summed E-state index contributed by atoms with van der Waals surface area (Å²) in [7, 11) is 0. The molecule has 256 valence electrons. The first-order valence-electron chi connectivity index (χ1n) is 18.3. The Morgan fingerprint density at radius 1 is 1.02 bits per heavy atom. The van der Waals surface area contributed by atoms with Gasteiger partial charge in [0.15, 0.2) is 12.6 Å². The molecular weight excluding hydrogens is 576 g/mol. The number of ether oxygens (including phenoxy) is 5. The lowest BCUT2D eigenvalue weighted by Crippen LogP contribution is -2.31. The van der Waals surface area contributed by atoms with Gasteiger partial charge >= 0.3 is 0 Å². The normalized spacial score (nSPS) is 30.1. The first-order valence-corrected chi connectivity index (χ1v) is 18.3. The molecule has 0 radical (unpaired) electrons. The Hall–Kier alpha value is -1.80. The molecule has 6 heteroatoms. The second kappa shape index (κ2) is 18.7. The van der Waals surface area contributed by atoms with Crippen molar-refractivity contribution in [1.29, 1.82) is 0 Å². The van der Waals surface area contributed by atoms with Gasteiger partial charge in [0.25, 0.3) is 0 Å². The summed E-state index contributed by atoms with van der Waals surface area (Å²) in [6, 6.07) is 10.3. The molecule has 9 atom stereocenters. The van der Waals surface area contributed by atoms with Crippen LogP contribution in [0.25, 0.3) is 0 Å². The quantitative estimate of drug-likeness (QED) is 0.173. The monoisotopic (exact) mass is 636 g/mol. The van der Waals surface area contributed by atoms with Crippen molar-refractivity contribution >= 4 is 0 Å². The maximum atomic E-state index is 10.4. The SMILES string of the molecule is CC(C)=CCCC(C)C[C@@H](/C=C/[C@@H]1[C@H]2C=C(C(CO)COCc3ccccc3)C[C@H]2C[C@H]1OC1CCCCO1)OC1CCCCO1. The lowest BCUT2D eigenvalue weighted by molar-refractivity contribution is -0.192. The smallest absolute Gasteiger partial charge is 0.158 e. The highest BCUT2D eigenvalue weighted by Crippen LogP contribution is 2.50. The van der Waals surface area contributed by atoms with Gasteiger partial charge in [0.1, 0.15) is 0 Å². The van der Waals surface area contributed by atoms with Crippen molar-refractivity contribution in [1.82, 2.24) is 0 Å². The molecular formula is C40H60O6. The van der Waals surface area contributed by atoms with Gasteiger partial charge in [-0.1, -0.05) is 72.7 Å². The minimum Gasteiger partial charge on any atom is -0.396 e. The van der Waals surface area contributed by atoms with Crippen LogP contribution in [-0.4, -0.2) is 56.3 Å². The molecule has 2 aliphatic carbocycles. The average molecular weight is 637 g/mol. The summed E-state index contributed by atoms with van der Waals surface area (Å²) >= 11 is 0. The Kier molecular flexibility index (Phi) is 14.4. The summed E-state index contributed by atoms with van der Waals surface area (Å²) in [5, 5.41) is 10.4. The maximum Gasteiger partial charge on any atom is 0.158 e. The Bertz CT molecular complexity index is 1100. The second-order valence-corrected chi connectivity index (χ2v) is 14.5. The topological polar surface area (TPSA) is 66.4 Å². The predicted molar refractivity (Wildman–Crippen MR) is 183 cm³/mol. The van der Waals surface area contributed by atoms with Crippen LogP contribution in [0.5, 0.6) is 0 Å². The zero-order valence-corrected chi connectivity index (χ0v) is 28.7. The average Bonchev–Trinajstić information content (AvgIpc) is 3.61. The molecule has 2 heterocycles. The van der Waals surface area contributed by atoms with E-state index in [9.17, 15) is 5.11 Å². The zero-order valence-electron chi connectivity index (χ0n) is 28.7. The summed E-state index contributed by atoms with van der Waals surface area (Å²) < 4.78 is 31.5. The number of benzene rings is 1. The fourth-order valence-corrected chi connectivity index (χ4v) is 7.76. The van der Waals surface area contributed by atoms with Crippen molar-refractivity contribution in [3.63, 3.8) is 0 Å². The standard InChI is InChI=1S/C40H60O6/c1-29(2)12-11-13-30(3)22-35(45-39-16-7-9-20-43-39)18-19-36-37-24-32(34(26-41)28-42-27-31-14-5-4-6-15-31)23-33(37)25-38(36)46-40-17-8-10-21-44-40/h4-6,12,14-15,18-19,24,30,33-41H,7-11,13,16-17,20-23,25-28H2,1-3H3/b19-18+/t30?,33-,34?,35+,36+,37-,38+,39?,40?/m0/s1. The molecule has 1 N–H and O–H groups in total. The fraction of sp³-hybridized carbons (Fsp3) is 0.700. The van der Waals surface area contributed by atoms with Gasteiger partial charge in [-0.25, -0.2) is 0 Å². The summed E-state index contributed by atoms with van der Waals surface area (Å²) in [6.07, 6.45) is 21.2. The van der Waals surface area contributed by atoms with E-state index in [2.05, 4.69) is 57.2 Å². The number of rotatable bonds is 17. The number of aliphatic hydroxyl groups excluding tert-OH is 1. The van der Waals surface area contributed by atoms with E-state index >= 15 is 0 Å². The number of aliphatic hydroxyl groups is 1. The molecule has 6 nitrogen and oxygen atoms in total. The van der Waals surface area contributed by atoms with Crippen LogP contribution in [0.3, 0.4) is 0 Å². The summed E-state index contributed by atoms with van der Waals surface area (Å²) in [5.74, 6) is 1.71. The highest BCUT2D eigenvalue weighted by molar-refractivity contribution is 5.24. The predicted octanol–water partition coefficient (Wildman–Crippen LogP) is 8.55. The van der Waals surface area contributed by atoms with Crippen molar-refractivity contribution in [2.75, 3.05) is 26.4 Å². The molecule has 0 bridgehead atoms. The summed E-state index contributed by atoms with van der Waals surface area (Å²) in [6.45, 7) is 9.49. The Labute approximate surface area is 278 Å². The van der Waals surface area contributed by atoms with Crippen molar-refractivity contribution in [3.8, 4) is 0 Å². The van der Waals surface area contributed by atoms with Crippen molar-refractivity contribution in [2.45, 2.75) is 123 Å². The molecule has 3 fully saturated rings. The molecule has 1 aromatic carbocycles. The molecule has 2 aliphatic heterocycles. The van der Waals surface area contributed by atoms with Gasteiger partial charge in [0, 0.05) is 25.0 Å². The molecule has 4 aliphatic rings. The summed E-state index contributed by atoms with van der Waals surface area (Å²) in [4.78, 5) is 0. The largest absolute Gasteiger partial charge is 0.396 e. The van der Waals surface area contributed by atoms with E-state index in [4.69, 9.17) is 23.7 Å². The van der Waals surface area contributed by atoms with Gasteiger partial charge < -0.3 is 28.8 Å². The molecule has 0 aromatic heterocycles. The van der Waals surface area contributed by atoms with E-state index in [1.807, 2.05) is 18.2 Å². The zero-order chi connectivity index (χ0) is 32.1. The lowest BCUT2D eigenvalue weighted by atomic mass is 9.90. The minimum absolute atomic E-state index is 0.0110.